The molecule has 4 rings (SSSR count). The van der Waals surface area contributed by atoms with E-state index in [1.807, 2.05) is 55.5 Å². The summed E-state index contributed by atoms with van der Waals surface area (Å²) in [5.74, 6) is -0.290. The number of nitrogens with one attached hydrogen (secondary N) is 2. The molecule has 1 heterocycles. The summed E-state index contributed by atoms with van der Waals surface area (Å²) in [5.41, 5.74) is 3.32. The van der Waals surface area contributed by atoms with Gasteiger partial charge in [0.25, 0.3) is 11.8 Å². The van der Waals surface area contributed by atoms with Crippen LogP contribution in [-0.2, 0) is 0 Å². The molecule has 0 unspecified atom stereocenters. The number of fused-ring (bicyclic) bond motifs is 1. The average Bonchev–Trinajstić information content (AvgIpc) is 3.15. The first-order valence-corrected chi connectivity index (χ1v) is 9.77. The van der Waals surface area contributed by atoms with Gasteiger partial charge in [0.15, 0.2) is 5.76 Å². The fourth-order valence-electron chi connectivity index (χ4n) is 3.00. The summed E-state index contributed by atoms with van der Waals surface area (Å²) in [6.45, 7) is 1.86. The molecule has 6 heteroatoms. The van der Waals surface area contributed by atoms with E-state index < -0.39 is 0 Å². The van der Waals surface area contributed by atoms with Crippen LogP contribution in [0.15, 0.2) is 81.7 Å². The Hall–Kier alpha value is -3.38. The highest BCUT2D eigenvalue weighted by Crippen LogP contribution is 2.24. The van der Waals surface area contributed by atoms with E-state index in [1.54, 1.807) is 24.3 Å². The van der Waals surface area contributed by atoms with Crippen molar-refractivity contribution >= 4 is 50.1 Å². The smallest absolute Gasteiger partial charge is 0.291 e. The fraction of sp³-hybridized carbons (Fsp3) is 0.0435. The Labute approximate surface area is 175 Å². The van der Waals surface area contributed by atoms with Crippen molar-refractivity contribution in [2.75, 3.05) is 10.6 Å². The van der Waals surface area contributed by atoms with E-state index in [0.717, 1.165) is 15.4 Å². The summed E-state index contributed by atoms with van der Waals surface area (Å²) in [6, 6.07) is 21.7. The first kappa shape index (κ1) is 19.0. The summed E-state index contributed by atoms with van der Waals surface area (Å²) in [6.07, 6.45) is 0. The number of amides is 2. The van der Waals surface area contributed by atoms with Crippen LogP contribution in [0.1, 0.15) is 26.5 Å². The molecule has 0 aliphatic carbocycles. The van der Waals surface area contributed by atoms with E-state index in [1.165, 1.54) is 0 Å². The van der Waals surface area contributed by atoms with Crippen molar-refractivity contribution in [1.29, 1.82) is 0 Å². The number of benzene rings is 3. The van der Waals surface area contributed by atoms with E-state index in [9.17, 15) is 9.59 Å². The summed E-state index contributed by atoms with van der Waals surface area (Å²) >= 11 is 3.38. The molecule has 0 saturated carbocycles. The number of para-hydroxylation sites is 1. The standard InChI is InChI=1S/C23H17BrN2O3/c1-14-12-16(25-22(27)17-7-3-4-8-18(17)24)10-11-19(14)26-23(28)21-13-15-6-2-5-9-20(15)29-21/h2-13H,1H3,(H,25,27)(H,26,28). The van der Waals surface area contributed by atoms with Crippen molar-refractivity contribution in [3.63, 3.8) is 0 Å². The van der Waals surface area contributed by atoms with Crippen LogP contribution in [0.4, 0.5) is 11.4 Å². The Morgan fingerprint density at radius 1 is 0.862 bits per heavy atom. The molecule has 0 bridgehead atoms. The second-order valence-corrected chi connectivity index (χ2v) is 7.42. The van der Waals surface area contributed by atoms with E-state index in [0.29, 0.717) is 22.5 Å². The summed E-state index contributed by atoms with van der Waals surface area (Å²) in [4.78, 5) is 25.0. The molecule has 2 N–H and O–H groups in total. The van der Waals surface area contributed by atoms with Gasteiger partial charge in [-0.15, -0.1) is 0 Å². The lowest BCUT2D eigenvalue weighted by molar-refractivity contribution is 0.0996. The average molecular weight is 449 g/mol. The first-order valence-electron chi connectivity index (χ1n) is 8.98. The van der Waals surface area contributed by atoms with Crippen molar-refractivity contribution in [2.24, 2.45) is 0 Å². The van der Waals surface area contributed by atoms with Crippen molar-refractivity contribution < 1.29 is 14.0 Å². The molecular formula is C23H17BrN2O3. The lowest BCUT2D eigenvalue weighted by atomic mass is 10.1. The van der Waals surface area contributed by atoms with E-state index in [4.69, 9.17) is 4.42 Å². The maximum Gasteiger partial charge on any atom is 0.291 e. The third-order valence-electron chi connectivity index (χ3n) is 4.50. The van der Waals surface area contributed by atoms with Crippen LogP contribution in [0, 0.1) is 6.92 Å². The van der Waals surface area contributed by atoms with Gasteiger partial charge in [-0.3, -0.25) is 9.59 Å². The molecule has 0 spiro atoms. The van der Waals surface area contributed by atoms with Crippen molar-refractivity contribution in [3.05, 3.63) is 94.2 Å². The lowest BCUT2D eigenvalue weighted by Crippen LogP contribution is -2.14. The fourth-order valence-corrected chi connectivity index (χ4v) is 3.47. The van der Waals surface area contributed by atoms with Gasteiger partial charge in [0, 0.05) is 21.2 Å². The molecule has 4 aromatic rings. The zero-order chi connectivity index (χ0) is 20.4. The Bertz CT molecular complexity index is 1200. The van der Waals surface area contributed by atoms with Crippen molar-refractivity contribution in [2.45, 2.75) is 6.92 Å². The number of anilines is 2. The molecule has 0 aliphatic heterocycles. The van der Waals surface area contributed by atoms with Crippen LogP contribution in [0.25, 0.3) is 11.0 Å². The van der Waals surface area contributed by atoms with Gasteiger partial charge in [0.05, 0.1) is 5.56 Å². The summed E-state index contributed by atoms with van der Waals surface area (Å²) in [5, 5.41) is 6.60. The third-order valence-corrected chi connectivity index (χ3v) is 5.19. The molecule has 0 atom stereocenters. The minimum Gasteiger partial charge on any atom is -0.451 e. The third kappa shape index (κ3) is 4.07. The number of hydrogen-bond donors (Lipinski definition) is 2. The maximum atomic E-state index is 12.5. The Kier molecular flexibility index (Phi) is 5.18. The monoisotopic (exact) mass is 448 g/mol. The minimum absolute atomic E-state index is 0.212. The highest BCUT2D eigenvalue weighted by molar-refractivity contribution is 9.10. The SMILES string of the molecule is Cc1cc(NC(=O)c2ccccc2Br)ccc1NC(=O)c1cc2ccccc2o1. The maximum absolute atomic E-state index is 12.5. The van der Waals surface area contributed by atoms with Crippen LogP contribution in [-0.4, -0.2) is 11.8 Å². The normalized spacial score (nSPS) is 10.7. The topological polar surface area (TPSA) is 71.3 Å². The molecular weight excluding hydrogens is 432 g/mol. The van der Waals surface area contributed by atoms with Gasteiger partial charge in [-0.2, -0.15) is 0 Å². The predicted octanol–water partition coefficient (Wildman–Crippen LogP) is 6.01. The number of hydrogen-bond acceptors (Lipinski definition) is 3. The molecule has 2 amide bonds. The van der Waals surface area contributed by atoms with Gasteiger partial charge in [-0.1, -0.05) is 30.3 Å². The predicted molar refractivity (Wildman–Crippen MR) is 117 cm³/mol. The Balaban J connectivity index is 1.49. The van der Waals surface area contributed by atoms with Crippen LogP contribution in [0.2, 0.25) is 0 Å². The van der Waals surface area contributed by atoms with Gasteiger partial charge in [0.1, 0.15) is 5.58 Å². The molecule has 0 saturated heterocycles. The number of aryl methyl sites for hydroxylation is 1. The number of carbonyl (C=O) groups is 2. The highest BCUT2D eigenvalue weighted by Gasteiger charge is 2.14. The highest BCUT2D eigenvalue weighted by atomic mass is 79.9. The Morgan fingerprint density at radius 2 is 1.62 bits per heavy atom. The molecule has 1 aromatic heterocycles. The Morgan fingerprint density at radius 3 is 2.38 bits per heavy atom. The zero-order valence-electron chi connectivity index (χ0n) is 15.5. The summed E-state index contributed by atoms with van der Waals surface area (Å²) < 4.78 is 6.33. The molecule has 0 radical (unpaired) electrons. The van der Waals surface area contributed by atoms with E-state index >= 15 is 0 Å². The van der Waals surface area contributed by atoms with Gasteiger partial charge < -0.3 is 15.1 Å². The van der Waals surface area contributed by atoms with Crippen LogP contribution >= 0.6 is 15.9 Å². The van der Waals surface area contributed by atoms with Crippen LogP contribution < -0.4 is 10.6 Å². The number of carbonyl (C=O) groups excluding carboxylic acids is 2. The lowest BCUT2D eigenvalue weighted by Gasteiger charge is -2.11. The largest absolute Gasteiger partial charge is 0.451 e. The van der Waals surface area contributed by atoms with E-state index in [2.05, 4.69) is 26.6 Å². The summed E-state index contributed by atoms with van der Waals surface area (Å²) in [7, 11) is 0. The molecule has 5 nitrogen and oxygen atoms in total. The van der Waals surface area contributed by atoms with E-state index in [-0.39, 0.29) is 17.6 Å². The van der Waals surface area contributed by atoms with Gasteiger partial charge >= 0.3 is 0 Å². The molecule has 29 heavy (non-hydrogen) atoms. The van der Waals surface area contributed by atoms with Crippen molar-refractivity contribution in [3.8, 4) is 0 Å². The molecule has 0 aliphatic rings. The minimum atomic E-state index is -0.325. The van der Waals surface area contributed by atoms with Crippen molar-refractivity contribution in [1.82, 2.24) is 0 Å². The zero-order valence-corrected chi connectivity index (χ0v) is 17.1. The van der Waals surface area contributed by atoms with Crippen LogP contribution in [0.3, 0.4) is 0 Å². The molecule has 0 fully saturated rings. The second kappa shape index (κ2) is 7.93. The van der Waals surface area contributed by atoms with Gasteiger partial charge in [0.2, 0.25) is 0 Å². The van der Waals surface area contributed by atoms with Gasteiger partial charge in [-0.05, 0) is 70.9 Å². The van der Waals surface area contributed by atoms with Crippen LogP contribution in [0.5, 0.6) is 0 Å². The first-order chi connectivity index (χ1) is 14.0. The number of furan rings is 1. The quantitative estimate of drug-likeness (QED) is 0.401. The number of rotatable bonds is 4. The molecule has 3 aromatic carbocycles. The number of halogens is 1. The van der Waals surface area contributed by atoms with Gasteiger partial charge in [-0.25, -0.2) is 0 Å². The molecule has 144 valence electrons. The second-order valence-electron chi connectivity index (χ2n) is 6.57.